The maximum atomic E-state index is 12.5. The minimum absolute atomic E-state index is 0.00742. The van der Waals surface area contributed by atoms with Crippen LogP contribution in [0.3, 0.4) is 0 Å². The number of ketones is 1. The lowest BCUT2D eigenvalue weighted by molar-refractivity contribution is 0.103. The molecule has 0 unspecified atom stereocenters. The lowest BCUT2D eigenvalue weighted by atomic mass is 10.0. The van der Waals surface area contributed by atoms with E-state index in [1.54, 1.807) is 36.4 Å². The minimum Gasteiger partial charge on any atom is -0.494 e. The Morgan fingerprint density at radius 2 is 1.32 bits per heavy atom. The van der Waals surface area contributed by atoms with E-state index in [1.807, 2.05) is 0 Å². The quantitative estimate of drug-likeness (QED) is 0.174. The van der Waals surface area contributed by atoms with Gasteiger partial charge in [-0.3, -0.25) is 4.79 Å². The molecule has 0 fully saturated rings. The van der Waals surface area contributed by atoms with Crippen molar-refractivity contribution in [3.05, 3.63) is 126 Å². The Balaban J connectivity index is 0.000000266. The largest absolute Gasteiger partial charge is 0.494 e. The second-order valence-electron chi connectivity index (χ2n) is 7.16. The second-order valence-corrected chi connectivity index (χ2v) is 9.81. The summed E-state index contributed by atoms with van der Waals surface area (Å²) in [7, 11) is 0. The third-order valence-corrected chi connectivity index (χ3v) is 6.33. The summed E-state index contributed by atoms with van der Waals surface area (Å²) in [4.78, 5) is 12.5. The zero-order chi connectivity index (χ0) is 37.2. The first kappa shape index (κ1) is 16.6. The Morgan fingerprint density at radius 1 is 0.784 bits per heavy atom. The lowest BCUT2D eigenvalue weighted by Crippen LogP contribution is -2.02. The molecule has 0 heterocycles. The number of carbonyl (C=O) groups excluding carboxylic acids is 1. The highest BCUT2D eigenvalue weighted by Gasteiger charge is 2.13. The molecule has 0 aliphatic carbocycles. The first-order valence-electron chi connectivity index (χ1n) is 16.4. The maximum absolute atomic E-state index is 12.5. The van der Waals surface area contributed by atoms with E-state index in [1.165, 1.54) is 48.5 Å². The monoisotopic (exact) mass is 674 g/mol. The van der Waals surface area contributed by atoms with Crippen molar-refractivity contribution >= 4 is 60.8 Å². The molecule has 0 saturated heterocycles. The summed E-state index contributed by atoms with van der Waals surface area (Å²) in [6.45, 7) is -11.5. The average molecular weight is 677 g/mol. The van der Waals surface area contributed by atoms with E-state index in [0.29, 0.717) is 25.1 Å². The van der Waals surface area contributed by atoms with Crippen molar-refractivity contribution in [1.29, 1.82) is 0 Å². The van der Waals surface area contributed by atoms with Crippen molar-refractivity contribution in [3.8, 4) is 11.5 Å². The van der Waals surface area contributed by atoms with Gasteiger partial charge in [0, 0.05) is 36.1 Å². The van der Waals surface area contributed by atoms with Gasteiger partial charge in [0.2, 0.25) is 0 Å². The van der Waals surface area contributed by atoms with Gasteiger partial charge in [-0.1, -0.05) is 67.2 Å². The predicted octanol–water partition coefficient (Wildman–Crippen LogP) is 9.82. The number of halogens is 4. The highest BCUT2D eigenvalue weighted by atomic mass is 79.9. The fourth-order valence-corrected chi connectivity index (χ4v) is 4.06. The van der Waals surface area contributed by atoms with E-state index < -0.39 is 33.2 Å². The van der Waals surface area contributed by atoms with E-state index in [4.69, 9.17) is 49.1 Å². The van der Waals surface area contributed by atoms with Crippen LogP contribution in [0.5, 0.6) is 11.5 Å². The third kappa shape index (κ3) is 8.89. The van der Waals surface area contributed by atoms with E-state index >= 15 is 0 Å². The molecule has 0 atom stereocenters. The molecule has 0 aromatic heterocycles. The van der Waals surface area contributed by atoms with Gasteiger partial charge in [-0.15, -0.1) is 0 Å². The van der Waals surface area contributed by atoms with Crippen LogP contribution in [0.25, 0.3) is 0 Å². The Morgan fingerprint density at radius 3 is 1.92 bits per heavy atom. The Bertz CT molecular complexity index is 1780. The Kier molecular flexibility index (Phi) is 6.55. The number of carbonyl (C=O) groups is 1. The molecule has 7 heteroatoms. The van der Waals surface area contributed by atoms with Crippen molar-refractivity contribution in [1.82, 2.24) is 0 Å². The first-order valence-corrected chi connectivity index (χ1v) is 12.7. The van der Waals surface area contributed by atoms with Crippen LogP contribution in [0.2, 0.25) is 10.0 Å². The number of hydrogen-bond acceptors (Lipinski definition) is 3. The van der Waals surface area contributed by atoms with E-state index in [9.17, 15) is 4.79 Å². The van der Waals surface area contributed by atoms with Gasteiger partial charge >= 0.3 is 0 Å². The van der Waals surface area contributed by atoms with Crippen LogP contribution < -0.4 is 9.47 Å². The summed E-state index contributed by atoms with van der Waals surface area (Å²) >= 11 is 18.7. The highest BCUT2D eigenvalue weighted by molar-refractivity contribution is 9.10. The zero-order valence-electron chi connectivity index (χ0n) is 30.8. The summed E-state index contributed by atoms with van der Waals surface area (Å²) in [5, 5.41) is 0.578. The fourth-order valence-electron chi connectivity index (χ4n) is 2.97. The SMILES string of the molecule is [2H]C([2H])([2H])C([2H])([2H])Oc1ccc(C(=O)c2cc(Br)ccc2Cl)cc1.[2H]C([2H])(c1ccc(OC([2H])([2H])C([2H])([2H])[2H])cc1)c1cc(Br)ccc1Cl. The molecule has 0 aliphatic heterocycles. The van der Waals surface area contributed by atoms with E-state index in [0.717, 1.165) is 0 Å². The van der Waals surface area contributed by atoms with Crippen LogP contribution in [0.4, 0.5) is 0 Å². The molecule has 4 aromatic carbocycles. The number of ether oxygens (including phenoxy) is 2. The zero-order valence-corrected chi connectivity index (χ0v) is 23.5. The fraction of sp³-hybridized carbons (Fsp3) is 0.167. The Labute approximate surface area is 261 Å². The molecule has 0 radical (unpaired) electrons. The molecule has 0 amide bonds. The lowest BCUT2D eigenvalue weighted by Gasteiger charge is -2.07. The summed E-state index contributed by atoms with van der Waals surface area (Å²) in [6.07, 6.45) is -1.90. The van der Waals surface area contributed by atoms with Crippen molar-refractivity contribution in [2.24, 2.45) is 0 Å². The third-order valence-electron chi connectivity index (χ3n) is 4.69. The van der Waals surface area contributed by atoms with Crippen LogP contribution in [0.1, 0.15) is 57.2 Å². The standard InChI is InChI=1S/C15H12BrClO2.C15H14BrClO/c1-2-19-12-6-3-10(4-7-12)15(18)13-9-11(16)5-8-14(13)17;1-2-18-14-6-3-11(4-7-14)9-12-10-13(16)5-8-15(12)17/h3-9H,2H2,1H3;3-8,10H,2,9H2,1H3/i1D3,2D2;1D3,2D2,9D2. The van der Waals surface area contributed by atoms with Gasteiger partial charge in [0.25, 0.3) is 0 Å². The molecule has 0 spiro atoms. The predicted molar refractivity (Wildman–Crippen MR) is 160 cm³/mol. The van der Waals surface area contributed by atoms with Crippen LogP contribution in [0.15, 0.2) is 93.9 Å². The molecule has 0 N–H and O–H groups in total. The van der Waals surface area contributed by atoms with Crippen LogP contribution in [-0.4, -0.2) is 18.9 Å². The minimum atomic E-state index is -2.94. The number of rotatable bonds is 8. The summed E-state index contributed by atoms with van der Waals surface area (Å²) < 4.78 is 100. The van der Waals surface area contributed by atoms with Gasteiger partial charge in [-0.05, 0) is 104 Å². The van der Waals surface area contributed by atoms with Gasteiger partial charge in [0.15, 0.2) is 5.78 Å². The molecular formula is C30H26Br2Cl2O3. The molecular weight excluding hydrogens is 639 g/mol. The maximum Gasteiger partial charge on any atom is 0.194 e. The van der Waals surface area contributed by atoms with Crippen molar-refractivity contribution < 1.29 is 30.7 Å². The number of benzene rings is 4. The van der Waals surface area contributed by atoms with Crippen molar-refractivity contribution in [2.45, 2.75) is 20.1 Å². The van der Waals surface area contributed by atoms with Gasteiger partial charge in [-0.2, -0.15) is 0 Å². The van der Waals surface area contributed by atoms with Crippen LogP contribution in [-0.2, 0) is 6.37 Å². The first-order chi connectivity index (χ1) is 22.4. The van der Waals surface area contributed by atoms with E-state index in [-0.39, 0.29) is 33.4 Å². The summed E-state index contributed by atoms with van der Waals surface area (Å²) in [5.41, 5.74) is 1.18. The molecule has 0 saturated carbocycles. The van der Waals surface area contributed by atoms with Crippen molar-refractivity contribution in [2.75, 3.05) is 13.1 Å². The highest BCUT2D eigenvalue weighted by Crippen LogP contribution is 2.25. The van der Waals surface area contributed by atoms with E-state index in [2.05, 4.69) is 31.9 Å². The summed E-state index contributed by atoms with van der Waals surface area (Å²) in [6, 6.07) is 20.8. The second kappa shape index (κ2) is 14.6. The van der Waals surface area contributed by atoms with Crippen LogP contribution >= 0.6 is 55.1 Å². The van der Waals surface area contributed by atoms with Gasteiger partial charge < -0.3 is 9.47 Å². The molecule has 3 nitrogen and oxygen atoms in total. The molecule has 37 heavy (non-hydrogen) atoms. The molecule has 0 aliphatic rings. The molecule has 0 bridgehead atoms. The normalized spacial score (nSPS) is 17.0. The topological polar surface area (TPSA) is 35.5 Å². The summed E-state index contributed by atoms with van der Waals surface area (Å²) in [5.74, 6) is -0.319. The number of hydrogen-bond donors (Lipinski definition) is 0. The Hall–Kier alpha value is -2.31. The van der Waals surface area contributed by atoms with Gasteiger partial charge in [0.05, 0.1) is 23.6 Å². The van der Waals surface area contributed by atoms with Crippen LogP contribution in [0, 0.1) is 0 Å². The molecule has 4 rings (SSSR count). The molecule has 192 valence electrons. The van der Waals surface area contributed by atoms with Gasteiger partial charge in [0.1, 0.15) is 11.5 Å². The average Bonchev–Trinajstić information content (AvgIpc) is 2.98. The van der Waals surface area contributed by atoms with Crippen molar-refractivity contribution in [3.63, 3.8) is 0 Å². The van der Waals surface area contributed by atoms with Gasteiger partial charge in [-0.25, -0.2) is 0 Å². The smallest absolute Gasteiger partial charge is 0.194 e. The molecule has 4 aromatic rings.